The highest BCUT2D eigenvalue weighted by Gasteiger charge is 2.38. The first-order chi connectivity index (χ1) is 15.7. The fourth-order valence-corrected chi connectivity index (χ4v) is 4.83. The normalized spacial score (nSPS) is 17.2. The number of benzene rings is 2. The molecular weight excluding hydrogens is 418 g/mol. The van der Waals surface area contributed by atoms with E-state index in [2.05, 4.69) is 12.2 Å². The van der Waals surface area contributed by atoms with Gasteiger partial charge in [0, 0.05) is 19.5 Å². The highest BCUT2D eigenvalue weighted by Crippen LogP contribution is 2.32. The number of thioether (sulfide) groups is 1. The standard InChI is InChI=1S/C26H33N3O2S/c1-2-3-4-5-12-19-29-25(31)23(32-26(29)28-22-15-10-7-11-16-22)20-24(30)27-18-17-21-13-8-6-9-14-21/h6-11,13-16,23H,2-5,12,17-20H2,1H3,(H,27,30)/t23-/m0/s1. The van der Waals surface area contributed by atoms with Crippen molar-refractivity contribution >= 4 is 34.4 Å². The SMILES string of the molecule is CCCCCCCN1C(=O)[C@H](CC(=O)NCCc2ccccc2)SC1=Nc1ccccc1. The third-order valence-corrected chi connectivity index (χ3v) is 6.61. The van der Waals surface area contributed by atoms with Crippen LogP contribution in [0.25, 0.3) is 0 Å². The van der Waals surface area contributed by atoms with E-state index in [4.69, 9.17) is 4.99 Å². The quantitative estimate of drug-likeness (QED) is 0.443. The number of amidine groups is 1. The van der Waals surface area contributed by atoms with Gasteiger partial charge in [-0.3, -0.25) is 14.5 Å². The Labute approximate surface area is 195 Å². The van der Waals surface area contributed by atoms with Crippen LogP contribution in [0.5, 0.6) is 0 Å². The van der Waals surface area contributed by atoms with Crippen LogP contribution in [0.3, 0.4) is 0 Å². The molecule has 2 aromatic carbocycles. The number of carbonyl (C=O) groups is 2. The van der Waals surface area contributed by atoms with E-state index in [1.807, 2.05) is 60.7 Å². The van der Waals surface area contributed by atoms with Crippen molar-refractivity contribution in [2.75, 3.05) is 13.1 Å². The predicted molar refractivity (Wildman–Crippen MR) is 133 cm³/mol. The van der Waals surface area contributed by atoms with Crippen molar-refractivity contribution in [3.8, 4) is 0 Å². The number of unbranched alkanes of at least 4 members (excludes halogenated alkanes) is 4. The summed E-state index contributed by atoms with van der Waals surface area (Å²) in [5.74, 6) is -0.0889. The zero-order valence-corrected chi connectivity index (χ0v) is 19.7. The molecule has 170 valence electrons. The summed E-state index contributed by atoms with van der Waals surface area (Å²) in [6.45, 7) is 3.43. The van der Waals surface area contributed by atoms with Gasteiger partial charge in [-0.1, -0.05) is 92.9 Å². The highest BCUT2D eigenvalue weighted by molar-refractivity contribution is 8.15. The molecule has 1 atom stereocenters. The molecule has 2 aromatic rings. The van der Waals surface area contributed by atoms with Crippen molar-refractivity contribution in [2.24, 2.45) is 4.99 Å². The Bertz CT molecular complexity index is 886. The Morgan fingerprint density at radius 3 is 2.41 bits per heavy atom. The second-order valence-corrected chi connectivity index (χ2v) is 9.20. The third-order valence-electron chi connectivity index (χ3n) is 5.44. The number of para-hydroxylation sites is 1. The van der Waals surface area contributed by atoms with Crippen LogP contribution in [0.15, 0.2) is 65.7 Å². The summed E-state index contributed by atoms with van der Waals surface area (Å²) in [6, 6.07) is 19.8. The molecule has 0 bridgehead atoms. The van der Waals surface area contributed by atoms with Gasteiger partial charge in [-0.15, -0.1) is 0 Å². The number of aliphatic imine (C=N–C) groups is 1. The summed E-state index contributed by atoms with van der Waals surface area (Å²) < 4.78 is 0. The second-order valence-electron chi connectivity index (χ2n) is 8.03. The maximum atomic E-state index is 13.1. The minimum Gasteiger partial charge on any atom is -0.356 e. The topological polar surface area (TPSA) is 61.8 Å². The van der Waals surface area contributed by atoms with Crippen molar-refractivity contribution in [1.82, 2.24) is 10.2 Å². The molecule has 32 heavy (non-hydrogen) atoms. The van der Waals surface area contributed by atoms with E-state index in [0.717, 1.165) is 24.9 Å². The first kappa shape index (κ1) is 24.1. The number of carbonyl (C=O) groups excluding carboxylic acids is 2. The van der Waals surface area contributed by atoms with Crippen LogP contribution in [-0.2, 0) is 16.0 Å². The van der Waals surface area contributed by atoms with Gasteiger partial charge in [-0.25, -0.2) is 4.99 Å². The molecule has 0 radical (unpaired) electrons. The van der Waals surface area contributed by atoms with E-state index in [1.54, 1.807) is 4.90 Å². The number of amides is 2. The number of hydrogen-bond acceptors (Lipinski definition) is 4. The zero-order valence-electron chi connectivity index (χ0n) is 18.8. The van der Waals surface area contributed by atoms with Crippen molar-refractivity contribution < 1.29 is 9.59 Å². The number of rotatable bonds is 12. The summed E-state index contributed by atoms with van der Waals surface area (Å²) in [5.41, 5.74) is 2.01. The molecule has 1 heterocycles. The monoisotopic (exact) mass is 451 g/mol. The van der Waals surface area contributed by atoms with Crippen LogP contribution in [0.1, 0.15) is 51.0 Å². The van der Waals surface area contributed by atoms with Crippen molar-refractivity contribution in [3.63, 3.8) is 0 Å². The Balaban J connectivity index is 1.57. The van der Waals surface area contributed by atoms with Gasteiger partial charge in [0.1, 0.15) is 5.25 Å². The molecule has 1 aliphatic heterocycles. The van der Waals surface area contributed by atoms with Gasteiger partial charge in [0.15, 0.2) is 5.17 Å². The van der Waals surface area contributed by atoms with E-state index in [0.29, 0.717) is 18.3 Å². The molecule has 1 saturated heterocycles. The summed E-state index contributed by atoms with van der Waals surface area (Å²) in [7, 11) is 0. The average molecular weight is 452 g/mol. The van der Waals surface area contributed by atoms with Gasteiger partial charge in [0.25, 0.3) is 0 Å². The highest BCUT2D eigenvalue weighted by atomic mass is 32.2. The maximum absolute atomic E-state index is 13.1. The van der Waals surface area contributed by atoms with E-state index in [1.165, 1.54) is 36.6 Å². The van der Waals surface area contributed by atoms with Crippen LogP contribution in [0.4, 0.5) is 5.69 Å². The Morgan fingerprint density at radius 1 is 1.00 bits per heavy atom. The van der Waals surface area contributed by atoms with Gasteiger partial charge in [0.05, 0.1) is 5.69 Å². The smallest absolute Gasteiger partial charge is 0.242 e. The van der Waals surface area contributed by atoms with E-state index < -0.39 is 5.25 Å². The summed E-state index contributed by atoms with van der Waals surface area (Å²) >= 11 is 1.41. The second kappa shape index (κ2) is 13.1. The molecule has 0 unspecified atom stereocenters. The van der Waals surface area contributed by atoms with Gasteiger partial charge < -0.3 is 5.32 Å². The lowest BCUT2D eigenvalue weighted by atomic mass is 10.1. The minimum absolute atomic E-state index is 0.00150. The number of hydrogen-bond donors (Lipinski definition) is 1. The zero-order chi connectivity index (χ0) is 22.6. The van der Waals surface area contributed by atoms with Gasteiger partial charge in [0.2, 0.25) is 11.8 Å². The van der Waals surface area contributed by atoms with E-state index >= 15 is 0 Å². The molecular formula is C26H33N3O2S. The van der Waals surface area contributed by atoms with Crippen molar-refractivity contribution in [1.29, 1.82) is 0 Å². The molecule has 6 heteroatoms. The molecule has 1 N–H and O–H groups in total. The molecule has 1 fully saturated rings. The van der Waals surface area contributed by atoms with Crippen LogP contribution in [-0.4, -0.2) is 40.2 Å². The maximum Gasteiger partial charge on any atom is 0.242 e. The largest absolute Gasteiger partial charge is 0.356 e. The number of nitrogens with one attached hydrogen (secondary N) is 1. The van der Waals surface area contributed by atoms with Gasteiger partial charge in [-0.05, 0) is 30.5 Å². The van der Waals surface area contributed by atoms with Gasteiger partial charge in [-0.2, -0.15) is 0 Å². The first-order valence-corrected chi connectivity index (χ1v) is 12.5. The van der Waals surface area contributed by atoms with Crippen LogP contribution >= 0.6 is 11.8 Å². The Kier molecular flexibility index (Phi) is 9.82. The molecule has 2 amide bonds. The Hall–Kier alpha value is -2.60. The lowest BCUT2D eigenvalue weighted by molar-refractivity contribution is -0.129. The number of nitrogens with zero attached hydrogens (tertiary/aromatic N) is 2. The van der Waals surface area contributed by atoms with Crippen molar-refractivity contribution in [3.05, 3.63) is 66.2 Å². The van der Waals surface area contributed by atoms with Crippen molar-refractivity contribution in [2.45, 2.75) is 57.1 Å². The molecule has 0 saturated carbocycles. The van der Waals surface area contributed by atoms with Gasteiger partial charge >= 0.3 is 0 Å². The molecule has 0 aromatic heterocycles. The molecule has 0 aliphatic carbocycles. The fourth-order valence-electron chi connectivity index (χ4n) is 3.65. The minimum atomic E-state index is -0.412. The lowest BCUT2D eigenvalue weighted by Crippen LogP contribution is -2.35. The lowest BCUT2D eigenvalue weighted by Gasteiger charge is -2.16. The molecule has 0 spiro atoms. The Morgan fingerprint density at radius 2 is 1.69 bits per heavy atom. The summed E-state index contributed by atoms with van der Waals surface area (Å²) in [4.78, 5) is 32.1. The van der Waals surface area contributed by atoms with E-state index in [9.17, 15) is 9.59 Å². The molecule has 5 nitrogen and oxygen atoms in total. The van der Waals surface area contributed by atoms with E-state index in [-0.39, 0.29) is 18.2 Å². The fraction of sp³-hybridized carbons (Fsp3) is 0.423. The summed E-state index contributed by atoms with van der Waals surface area (Å²) in [6.07, 6.45) is 6.62. The first-order valence-electron chi connectivity index (χ1n) is 11.6. The van der Waals surface area contributed by atoms with Crippen LogP contribution in [0.2, 0.25) is 0 Å². The molecule has 1 aliphatic rings. The van der Waals surface area contributed by atoms with Crippen LogP contribution < -0.4 is 5.32 Å². The third kappa shape index (κ3) is 7.52. The summed E-state index contributed by atoms with van der Waals surface area (Å²) in [5, 5.41) is 3.26. The average Bonchev–Trinajstić information content (AvgIpc) is 3.09. The predicted octanol–water partition coefficient (Wildman–Crippen LogP) is 5.34. The molecule has 3 rings (SSSR count). The van der Waals surface area contributed by atoms with Crippen LogP contribution in [0, 0.1) is 0 Å².